The predicted molar refractivity (Wildman–Crippen MR) is 74.0 cm³/mol. The first-order valence-corrected chi connectivity index (χ1v) is 6.99. The van der Waals surface area contributed by atoms with E-state index in [0.717, 1.165) is 11.3 Å². The van der Waals surface area contributed by atoms with E-state index in [1.165, 1.54) is 11.3 Å². The molecule has 1 aromatic heterocycles. The number of carbonyl (C=O) groups is 2. The van der Waals surface area contributed by atoms with E-state index in [2.05, 4.69) is 5.32 Å². The molecule has 0 radical (unpaired) electrons. The van der Waals surface area contributed by atoms with Crippen LogP contribution in [0.1, 0.15) is 42.2 Å². The average Bonchev–Trinajstić information content (AvgIpc) is 2.71. The van der Waals surface area contributed by atoms with Gasteiger partial charge in [0.25, 0.3) is 5.91 Å². The lowest BCUT2D eigenvalue weighted by atomic mass is 10.3. The molecule has 5 nitrogen and oxygen atoms in total. The maximum atomic E-state index is 11.7. The fraction of sp³-hybridized carbons (Fsp3) is 0.538. The van der Waals surface area contributed by atoms with Crippen molar-refractivity contribution in [1.82, 2.24) is 5.32 Å². The van der Waals surface area contributed by atoms with Gasteiger partial charge in [-0.1, -0.05) is 6.92 Å². The third-order valence-electron chi connectivity index (χ3n) is 2.40. The number of aryl methyl sites for hydroxylation is 1. The van der Waals surface area contributed by atoms with Crippen molar-refractivity contribution in [3.05, 3.63) is 15.8 Å². The number of carbonyl (C=O) groups excluding carboxylic acids is 1. The predicted octanol–water partition coefficient (Wildman–Crippen LogP) is 2.30. The third kappa shape index (κ3) is 4.24. The zero-order chi connectivity index (χ0) is 14.6. The molecular formula is C13H19NO4S. The van der Waals surface area contributed by atoms with Gasteiger partial charge >= 0.3 is 5.97 Å². The van der Waals surface area contributed by atoms with Crippen LogP contribution in [-0.4, -0.2) is 29.1 Å². The Morgan fingerprint density at radius 1 is 1.42 bits per heavy atom. The van der Waals surface area contributed by atoms with Crippen molar-refractivity contribution in [3.8, 4) is 5.75 Å². The highest BCUT2D eigenvalue weighted by Crippen LogP contribution is 2.30. The molecule has 1 amide bonds. The molecule has 0 bridgehead atoms. The van der Waals surface area contributed by atoms with Crippen molar-refractivity contribution in [2.75, 3.05) is 0 Å². The van der Waals surface area contributed by atoms with Gasteiger partial charge in [-0.05, 0) is 33.3 Å². The minimum absolute atomic E-state index is 0.0196. The summed E-state index contributed by atoms with van der Waals surface area (Å²) in [4.78, 5) is 23.9. The van der Waals surface area contributed by atoms with Crippen LogP contribution < -0.4 is 10.1 Å². The first kappa shape index (κ1) is 15.5. The van der Waals surface area contributed by atoms with Crippen molar-refractivity contribution in [3.63, 3.8) is 0 Å². The highest BCUT2D eigenvalue weighted by molar-refractivity contribution is 7.14. The minimum Gasteiger partial charge on any atom is -0.479 e. The molecule has 0 fully saturated rings. The van der Waals surface area contributed by atoms with Crippen molar-refractivity contribution < 1.29 is 19.4 Å². The summed E-state index contributed by atoms with van der Waals surface area (Å²) < 4.78 is 5.47. The van der Waals surface area contributed by atoms with Crippen LogP contribution in [0.4, 0.5) is 0 Å². The second kappa shape index (κ2) is 6.56. The van der Waals surface area contributed by atoms with Crippen LogP contribution >= 0.6 is 11.3 Å². The number of aromatic carboxylic acids is 1. The number of carboxylic acids is 1. The van der Waals surface area contributed by atoms with Gasteiger partial charge in [-0.25, -0.2) is 4.79 Å². The molecule has 106 valence electrons. The monoisotopic (exact) mass is 285 g/mol. The number of rotatable bonds is 6. The molecule has 0 aliphatic rings. The molecule has 0 saturated heterocycles. The molecule has 1 aromatic rings. The number of ether oxygens (including phenoxy) is 1. The van der Waals surface area contributed by atoms with E-state index in [9.17, 15) is 9.59 Å². The van der Waals surface area contributed by atoms with E-state index in [1.54, 1.807) is 13.0 Å². The second-order valence-corrected chi connectivity index (χ2v) is 5.62. The molecule has 0 aromatic carbocycles. The van der Waals surface area contributed by atoms with Crippen LogP contribution in [0.3, 0.4) is 0 Å². The summed E-state index contributed by atoms with van der Waals surface area (Å²) in [5.41, 5.74) is 0. The Bertz CT molecular complexity index is 467. The molecule has 0 spiro atoms. The molecule has 0 saturated carbocycles. The first-order valence-electron chi connectivity index (χ1n) is 6.18. The van der Waals surface area contributed by atoms with Gasteiger partial charge < -0.3 is 15.2 Å². The Morgan fingerprint density at radius 2 is 2.05 bits per heavy atom. The molecule has 0 aliphatic heterocycles. The summed E-state index contributed by atoms with van der Waals surface area (Å²) in [5, 5.41) is 11.8. The lowest BCUT2D eigenvalue weighted by molar-refractivity contribution is -0.127. The zero-order valence-corrected chi connectivity index (χ0v) is 12.3. The van der Waals surface area contributed by atoms with Gasteiger partial charge in [0.1, 0.15) is 5.75 Å². The van der Waals surface area contributed by atoms with Gasteiger partial charge in [0, 0.05) is 10.9 Å². The van der Waals surface area contributed by atoms with E-state index < -0.39 is 12.1 Å². The molecule has 1 rings (SSSR count). The lowest BCUT2D eigenvalue weighted by Gasteiger charge is -2.16. The Morgan fingerprint density at radius 3 is 2.53 bits per heavy atom. The van der Waals surface area contributed by atoms with Gasteiger partial charge in [0.2, 0.25) is 0 Å². The normalized spacial score (nSPS) is 12.3. The minimum atomic E-state index is -1.03. The first-order chi connectivity index (χ1) is 8.85. The van der Waals surface area contributed by atoms with E-state index in [4.69, 9.17) is 9.84 Å². The summed E-state index contributed by atoms with van der Waals surface area (Å²) in [6.07, 6.45) is 0.0146. The van der Waals surface area contributed by atoms with Gasteiger partial charge in [-0.2, -0.15) is 0 Å². The summed E-state index contributed by atoms with van der Waals surface area (Å²) in [7, 11) is 0. The van der Waals surface area contributed by atoms with Gasteiger partial charge in [0.05, 0.1) is 0 Å². The lowest BCUT2D eigenvalue weighted by Crippen LogP contribution is -2.40. The Labute approximate surface area is 116 Å². The molecule has 1 unspecified atom stereocenters. The summed E-state index contributed by atoms with van der Waals surface area (Å²) in [6, 6.07) is 1.71. The molecule has 1 atom stereocenters. The number of hydrogen-bond acceptors (Lipinski definition) is 4. The van der Waals surface area contributed by atoms with Crippen molar-refractivity contribution in [2.24, 2.45) is 0 Å². The number of nitrogens with one attached hydrogen (secondary N) is 1. The number of amides is 1. The fourth-order valence-electron chi connectivity index (χ4n) is 1.48. The molecule has 2 N–H and O–H groups in total. The van der Waals surface area contributed by atoms with Crippen molar-refractivity contribution >= 4 is 23.2 Å². The maximum absolute atomic E-state index is 11.7. The maximum Gasteiger partial charge on any atom is 0.349 e. The van der Waals surface area contributed by atoms with E-state index in [-0.39, 0.29) is 22.6 Å². The SMILES string of the molecule is CCc1cc(OC(C)C(=O)NC(C)C)c(C(=O)O)s1. The summed E-state index contributed by atoms with van der Waals surface area (Å²) >= 11 is 1.18. The standard InChI is InChI=1S/C13H19NO4S/c1-5-9-6-10(11(19-9)13(16)17)18-8(4)12(15)14-7(2)3/h6-8H,5H2,1-4H3,(H,14,15)(H,16,17). The van der Waals surface area contributed by atoms with Crippen LogP contribution in [0.25, 0.3) is 0 Å². The molecule has 6 heteroatoms. The van der Waals surface area contributed by atoms with E-state index in [1.807, 2.05) is 20.8 Å². The number of thiophene rings is 1. The molecular weight excluding hydrogens is 266 g/mol. The van der Waals surface area contributed by atoms with Crippen LogP contribution in [0, 0.1) is 0 Å². The van der Waals surface area contributed by atoms with Crippen LogP contribution in [0.5, 0.6) is 5.75 Å². The van der Waals surface area contributed by atoms with Crippen LogP contribution in [-0.2, 0) is 11.2 Å². The largest absolute Gasteiger partial charge is 0.479 e. The molecule has 0 aliphatic carbocycles. The molecule has 19 heavy (non-hydrogen) atoms. The van der Waals surface area contributed by atoms with Crippen LogP contribution in [0.15, 0.2) is 6.07 Å². The van der Waals surface area contributed by atoms with Crippen molar-refractivity contribution in [2.45, 2.75) is 46.3 Å². The highest BCUT2D eigenvalue weighted by atomic mass is 32.1. The average molecular weight is 285 g/mol. The van der Waals surface area contributed by atoms with Crippen molar-refractivity contribution in [1.29, 1.82) is 0 Å². The smallest absolute Gasteiger partial charge is 0.349 e. The summed E-state index contributed by atoms with van der Waals surface area (Å²) in [5.74, 6) is -1.02. The summed E-state index contributed by atoms with van der Waals surface area (Å²) in [6.45, 7) is 7.25. The van der Waals surface area contributed by atoms with E-state index >= 15 is 0 Å². The second-order valence-electron chi connectivity index (χ2n) is 4.49. The Kier molecular flexibility index (Phi) is 5.35. The number of hydrogen-bond donors (Lipinski definition) is 2. The zero-order valence-electron chi connectivity index (χ0n) is 11.5. The number of carboxylic acid groups (broad SMARTS) is 1. The van der Waals surface area contributed by atoms with Gasteiger partial charge in [0.15, 0.2) is 11.0 Å². The fourth-order valence-corrected chi connectivity index (χ4v) is 2.35. The molecule has 1 heterocycles. The highest BCUT2D eigenvalue weighted by Gasteiger charge is 2.21. The third-order valence-corrected chi connectivity index (χ3v) is 3.64. The van der Waals surface area contributed by atoms with Crippen LogP contribution in [0.2, 0.25) is 0 Å². The quantitative estimate of drug-likeness (QED) is 0.841. The Hall–Kier alpha value is -1.56. The topological polar surface area (TPSA) is 75.6 Å². The Balaban J connectivity index is 2.83. The van der Waals surface area contributed by atoms with Gasteiger partial charge in [-0.15, -0.1) is 11.3 Å². The van der Waals surface area contributed by atoms with E-state index in [0.29, 0.717) is 0 Å². The van der Waals surface area contributed by atoms with Gasteiger partial charge in [-0.3, -0.25) is 4.79 Å².